The molecule has 208 valence electrons. The quantitative estimate of drug-likeness (QED) is 0.146. The number of pyridine rings is 2. The van der Waals surface area contributed by atoms with E-state index in [9.17, 15) is 40.7 Å². The van der Waals surface area contributed by atoms with Gasteiger partial charge in [0, 0.05) is 30.3 Å². The van der Waals surface area contributed by atoms with Crippen LogP contribution in [-0.4, -0.2) is 27.6 Å². The monoisotopic (exact) mass is 569 g/mol. The van der Waals surface area contributed by atoms with Crippen LogP contribution in [0.4, 0.5) is 32.2 Å². The van der Waals surface area contributed by atoms with Crippen molar-refractivity contribution in [1.82, 2.24) is 9.97 Å². The minimum absolute atomic E-state index is 0.00397. The van der Waals surface area contributed by atoms with Crippen molar-refractivity contribution in [3.05, 3.63) is 124 Å². The van der Waals surface area contributed by atoms with Crippen LogP contribution >= 0.6 is 0 Å². The van der Waals surface area contributed by atoms with Gasteiger partial charge >= 0.3 is 12.4 Å². The smallest absolute Gasteiger partial charge is 0.294 e. The molecule has 0 fully saturated rings. The number of fused-ring (bicyclic) bond motifs is 1. The van der Waals surface area contributed by atoms with E-state index in [4.69, 9.17) is 0 Å². The molecule has 0 unspecified atom stereocenters. The predicted octanol–water partition coefficient (Wildman–Crippen LogP) is 6.72. The van der Waals surface area contributed by atoms with Crippen LogP contribution in [0.15, 0.2) is 85.2 Å². The van der Waals surface area contributed by atoms with Gasteiger partial charge in [-0.15, -0.1) is 0 Å². The summed E-state index contributed by atoms with van der Waals surface area (Å²) in [5, 5.41) is 0. The van der Waals surface area contributed by atoms with Crippen molar-refractivity contribution in [2.75, 3.05) is 4.90 Å². The molecule has 0 spiro atoms. The SMILES string of the molecule is O=C(C[C@@H](c1ccc(C(F)(F)F)cc1)c1ncccc1C(F)(F)F)c1ccc2c(c1)C(=O)N(c1ccccn1)C2=O. The number of amides is 2. The number of hydrogen-bond acceptors (Lipinski definition) is 5. The van der Waals surface area contributed by atoms with Crippen molar-refractivity contribution < 1.29 is 40.7 Å². The number of imide groups is 1. The fourth-order valence-electron chi connectivity index (χ4n) is 4.62. The molecule has 1 aliphatic heterocycles. The topological polar surface area (TPSA) is 80.2 Å². The second-order valence-corrected chi connectivity index (χ2v) is 9.13. The molecule has 5 rings (SSSR count). The first kappa shape index (κ1) is 27.7. The van der Waals surface area contributed by atoms with Crippen LogP contribution in [0.2, 0.25) is 0 Å². The van der Waals surface area contributed by atoms with Gasteiger partial charge in [-0.2, -0.15) is 26.3 Å². The highest BCUT2D eigenvalue weighted by Gasteiger charge is 2.39. The molecule has 2 aromatic heterocycles. The van der Waals surface area contributed by atoms with E-state index in [0.29, 0.717) is 0 Å². The number of benzene rings is 2. The Kier molecular flexibility index (Phi) is 6.93. The Balaban J connectivity index is 1.52. The van der Waals surface area contributed by atoms with Gasteiger partial charge in [0.15, 0.2) is 5.78 Å². The molecule has 1 atom stereocenters. The van der Waals surface area contributed by atoms with Gasteiger partial charge in [0.05, 0.1) is 27.9 Å². The minimum atomic E-state index is -4.86. The van der Waals surface area contributed by atoms with Gasteiger partial charge < -0.3 is 0 Å². The summed E-state index contributed by atoms with van der Waals surface area (Å²) in [4.78, 5) is 48.0. The molecule has 2 amide bonds. The molecule has 4 aromatic rings. The van der Waals surface area contributed by atoms with Crippen molar-refractivity contribution in [2.24, 2.45) is 0 Å². The lowest BCUT2D eigenvalue weighted by Gasteiger charge is -2.21. The number of alkyl halides is 6. The highest BCUT2D eigenvalue weighted by molar-refractivity contribution is 6.34. The zero-order chi connectivity index (χ0) is 29.5. The molecule has 0 radical (unpaired) electrons. The molecule has 2 aromatic carbocycles. The molecule has 0 saturated heterocycles. The standard InChI is InChI=1S/C29H17F6N3O3/c30-28(31,32)18-9-6-16(7-10-18)20(25-22(29(33,34)35)4-3-13-37-25)15-23(39)17-8-11-19-21(14-17)27(41)38(26(19)40)24-5-1-2-12-36-24/h1-14,20H,15H2/t20-/m0/s1. The van der Waals surface area contributed by atoms with Crippen LogP contribution in [0.3, 0.4) is 0 Å². The lowest BCUT2D eigenvalue weighted by Crippen LogP contribution is -2.30. The first-order valence-corrected chi connectivity index (χ1v) is 12.0. The Hall–Kier alpha value is -4.87. The van der Waals surface area contributed by atoms with Gasteiger partial charge in [-0.05, 0) is 54.1 Å². The zero-order valence-corrected chi connectivity index (χ0v) is 20.7. The van der Waals surface area contributed by atoms with E-state index >= 15 is 0 Å². The van der Waals surface area contributed by atoms with E-state index in [2.05, 4.69) is 9.97 Å². The van der Waals surface area contributed by atoms with E-state index in [1.807, 2.05) is 0 Å². The fraction of sp³-hybridized carbons (Fsp3) is 0.138. The molecule has 0 N–H and O–H groups in total. The summed E-state index contributed by atoms with van der Waals surface area (Å²) < 4.78 is 81.0. The van der Waals surface area contributed by atoms with Gasteiger partial charge in [0.2, 0.25) is 0 Å². The molecular formula is C29H17F6N3O3. The number of rotatable bonds is 6. The average Bonchev–Trinajstić information content (AvgIpc) is 3.20. The fourth-order valence-corrected chi connectivity index (χ4v) is 4.62. The third-order valence-electron chi connectivity index (χ3n) is 6.59. The molecule has 0 saturated carbocycles. The van der Waals surface area contributed by atoms with Crippen LogP contribution in [0.25, 0.3) is 0 Å². The van der Waals surface area contributed by atoms with Crippen molar-refractivity contribution in [3.63, 3.8) is 0 Å². The highest BCUT2D eigenvalue weighted by Crippen LogP contribution is 2.39. The Labute approximate surface area is 228 Å². The number of anilines is 1. The number of halogens is 6. The summed E-state index contributed by atoms with van der Waals surface area (Å²) in [6.07, 6.45) is -7.66. The summed E-state index contributed by atoms with van der Waals surface area (Å²) in [5.74, 6) is -3.41. The molecule has 3 heterocycles. The second kappa shape index (κ2) is 10.3. The van der Waals surface area contributed by atoms with Crippen LogP contribution in [0.5, 0.6) is 0 Å². The molecule has 0 aliphatic carbocycles. The normalized spacial score (nSPS) is 14.2. The molecular weight excluding hydrogens is 552 g/mol. The zero-order valence-electron chi connectivity index (χ0n) is 20.7. The maximum absolute atomic E-state index is 13.9. The Bertz CT molecular complexity index is 1650. The number of Topliss-reactive ketones (excluding diaryl/α,β-unsaturated/α-hetero) is 1. The molecule has 6 nitrogen and oxygen atoms in total. The highest BCUT2D eigenvalue weighted by atomic mass is 19.4. The van der Waals surface area contributed by atoms with E-state index in [1.54, 1.807) is 12.1 Å². The van der Waals surface area contributed by atoms with Crippen LogP contribution in [-0.2, 0) is 12.4 Å². The van der Waals surface area contributed by atoms with Crippen molar-refractivity contribution >= 4 is 23.4 Å². The van der Waals surface area contributed by atoms with Gasteiger partial charge in [-0.1, -0.05) is 24.3 Å². The van der Waals surface area contributed by atoms with E-state index in [1.165, 1.54) is 30.5 Å². The maximum atomic E-state index is 13.9. The van der Waals surface area contributed by atoms with Crippen LogP contribution in [0.1, 0.15) is 65.8 Å². The molecule has 1 aliphatic rings. The van der Waals surface area contributed by atoms with Gasteiger partial charge in [0.25, 0.3) is 11.8 Å². The van der Waals surface area contributed by atoms with Gasteiger partial charge in [0.1, 0.15) is 5.82 Å². The minimum Gasteiger partial charge on any atom is -0.294 e. The Morgan fingerprint density at radius 1 is 0.756 bits per heavy atom. The van der Waals surface area contributed by atoms with Crippen molar-refractivity contribution in [1.29, 1.82) is 0 Å². The maximum Gasteiger partial charge on any atom is 0.418 e. The Morgan fingerprint density at radius 2 is 1.44 bits per heavy atom. The number of carbonyl (C=O) groups excluding carboxylic acids is 3. The third kappa shape index (κ3) is 5.32. The van der Waals surface area contributed by atoms with E-state index in [0.717, 1.165) is 47.5 Å². The molecule has 12 heteroatoms. The van der Waals surface area contributed by atoms with Crippen LogP contribution in [0, 0.1) is 0 Å². The molecule has 0 bridgehead atoms. The summed E-state index contributed by atoms with van der Waals surface area (Å²) in [5.41, 5.74) is -2.84. The average molecular weight is 569 g/mol. The van der Waals surface area contributed by atoms with Crippen LogP contribution < -0.4 is 4.90 Å². The van der Waals surface area contributed by atoms with Crippen molar-refractivity contribution in [3.8, 4) is 0 Å². The summed E-state index contributed by atoms with van der Waals surface area (Å²) in [6, 6.07) is 13.6. The molecule has 41 heavy (non-hydrogen) atoms. The largest absolute Gasteiger partial charge is 0.418 e. The first-order chi connectivity index (χ1) is 19.4. The van der Waals surface area contributed by atoms with E-state index < -0.39 is 59.1 Å². The number of nitrogens with zero attached hydrogens (tertiary/aromatic N) is 3. The second-order valence-electron chi connectivity index (χ2n) is 9.13. The van der Waals surface area contributed by atoms with Gasteiger partial charge in [-0.25, -0.2) is 9.88 Å². The number of aromatic nitrogens is 2. The lowest BCUT2D eigenvalue weighted by molar-refractivity contribution is -0.139. The number of hydrogen-bond donors (Lipinski definition) is 0. The summed E-state index contributed by atoms with van der Waals surface area (Å²) >= 11 is 0. The first-order valence-electron chi connectivity index (χ1n) is 12.0. The Morgan fingerprint density at radius 3 is 2.07 bits per heavy atom. The number of ketones is 1. The predicted molar refractivity (Wildman–Crippen MR) is 133 cm³/mol. The van der Waals surface area contributed by atoms with Gasteiger partial charge in [-0.3, -0.25) is 19.4 Å². The summed E-state index contributed by atoms with van der Waals surface area (Å²) in [6.45, 7) is 0. The summed E-state index contributed by atoms with van der Waals surface area (Å²) in [7, 11) is 0. The third-order valence-corrected chi connectivity index (χ3v) is 6.59. The van der Waals surface area contributed by atoms with E-state index in [-0.39, 0.29) is 28.1 Å². The lowest BCUT2D eigenvalue weighted by atomic mass is 9.85. The number of carbonyl (C=O) groups is 3. The van der Waals surface area contributed by atoms with Crippen molar-refractivity contribution in [2.45, 2.75) is 24.7 Å².